The maximum Gasteiger partial charge on any atom is 0.354 e. The number of ether oxygens (including phenoxy) is 2. The lowest BCUT2D eigenvalue weighted by Gasteiger charge is -2.22. The summed E-state index contributed by atoms with van der Waals surface area (Å²) >= 11 is 0. The average Bonchev–Trinajstić information content (AvgIpc) is 2.92. The van der Waals surface area contributed by atoms with Crippen LogP contribution in [0.4, 0.5) is 11.4 Å². The second-order valence-corrected chi connectivity index (χ2v) is 5.40. The van der Waals surface area contributed by atoms with Crippen molar-refractivity contribution in [2.45, 2.75) is 25.8 Å². The summed E-state index contributed by atoms with van der Waals surface area (Å²) in [4.78, 5) is 36.9. The van der Waals surface area contributed by atoms with Crippen LogP contribution in [0.25, 0.3) is 0 Å². The summed E-state index contributed by atoms with van der Waals surface area (Å²) in [5.74, 6) is -1.31. The third kappa shape index (κ3) is 3.92. The summed E-state index contributed by atoms with van der Waals surface area (Å²) in [7, 11) is 2.44. The highest BCUT2D eigenvalue weighted by molar-refractivity contribution is 5.99. The molecule has 0 aromatic heterocycles. The molecule has 1 aliphatic rings. The smallest absolute Gasteiger partial charge is 0.354 e. The maximum atomic E-state index is 12.0. The van der Waals surface area contributed by atoms with Crippen LogP contribution in [0.15, 0.2) is 36.0 Å². The molecule has 1 saturated heterocycles. The van der Waals surface area contributed by atoms with E-state index in [9.17, 15) is 14.4 Å². The highest BCUT2D eigenvalue weighted by Crippen LogP contribution is 2.28. The molecule has 1 unspecified atom stereocenters. The lowest BCUT2D eigenvalue weighted by Crippen LogP contribution is -2.30. The molecule has 1 aromatic rings. The number of esters is 2. The quantitative estimate of drug-likeness (QED) is 0.654. The first-order valence-electron chi connectivity index (χ1n) is 7.53. The zero-order valence-electron chi connectivity index (χ0n) is 13.9. The van der Waals surface area contributed by atoms with E-state index in [4.69, 9.17) is 0 Å². The van der Waals surface area contributed by atoms with Crippen molar-refractivity contribution in [1.29, 1.82) is 0 Å². The van der Waals surface area contributed by atoms with E-state index in [0.717, 1.165) is 18.2 Å². The molecule has 1 heterocycles. The van der Waals surface area contributed by atoms with Gasteiger partial charge in [-0.05, 0) is 31.5 Å². The van der Waals surface area contributed by atoms with Crippen molar-refractivity contribution in [3.63, 3.8) is 0 Å². The Bertz CT molecular complexity index is 683. The molecule has 24 heavy (non-hydrogen) atoms. The molecule has 1 N–H and O–H groups in total. The highest BCUT2D eigenvalue weighted by atomic mass is 16.5. The fraction of sp³-hybridized carbons (Fsp3) is 0.353. The number of amides is 1. The van der Waals surface area contributed by atoms with Gasteiger partial charge in [0.2, 0.25) is 5.91 Å². The number of carbonyl (C=O) groups is 3. The Balaban J connectivity index is 2.27. The van der Waals surface area contributed by atoms with E-state index in [1.165, 1.54) is 14.2 Å². The number of methoxy groups -OCH3 is 2. The van der Waals surface area contributed by atoms with Crippen LogP contribution < -0.4 is 10.2 Å². The summed E-state index contributed by atoms with van der Waals surface area (Å²) in [6, 6.07) is 7.19. The molecule has 7 nitrogen and oxygen atoms in total. The van der Waals surface area contributed by atoms with Gasteiger partial charge in [0, 0.05) is 23.8 Å². The van der Waals surface area contributed by atoms with Crippen LogP contribution in [0.2, 0.25) is 0 Å². The van der Waals surface area contributed by atoms with Gasteiger partial charge in [0.05, 0.1) is 20.3 Å². The zero-order valence-corrected chi connectivity index (χ0v) is 13.9. The number of nitrogens with zero attached hydrogens (tertiary/aromatic N) is 1. The van der Waals surface area contributed by atoms with E-state index in [2.05, 4.69) is 14.8 Å². The lowest BCUT2D eigenvalue weighted by molar-refractivity contribution is -0.138. The first-order valence-corrected chi connectivity index (χ1v) is 7.53. The van der Waals surface area contributed by atoms with Gasteiger partial charge in [-0.3, -0.25) is 4.79 Å². The number of anilines is 2. The Labute approximate surface area is 140 Å². The molecule has 1 atom stereocenters. The van der Waals surface area contributed by atoms with Gasteiger partial charge in [-0.2, -0.15) is 0 Å². The first kappa shape index (κ1) is 17.5. The summed E-state index contributed by atoms with van der Waals surface area (Å²) in [6.45, 7) is 1.99. The number of nitrogens with one attached hydrogen (secondary N) is 1. The second-order valence-electron chi connectivity index (χ2n) is 5.40. The monoisotopic (exact) mass is 332 g/mol. The van der Waals surface area contributed by atoms with E-state index >= 15 is 0 Å². The second kappa shape index (κ2) is 7.63. The molecule has 1 fully saturated rings. The number of hydrogen-bond acceptors (Lipinski definition) is 6. The molecule has 0 bridgehead atoms. The molecular weight excluding hydrogens is 312 g/mol. The average molecular weight is 332 g/mol. The van der Waals surface area contributed by atoms with Crippen molar-refractivity contribution in [1.82, 2.24) is 0 Å². The predicted molar refractivity (Wildman–Crippen MR) is 88.4 cm³/mol. The fourth-order valence-electron chi connectivity index (χ4n) is 2.55. The van der Waals surface area contributed by atoms with E-state index in [0.29, 0.717) is 12.1 Å². The van der Waals surface area contributed by atoms with E-state index < -0.39 is 11.9 Å². The van der Waals surface area contributed by atoms with Crippen LogP contribution in [0.5, 0.6) is 0 Å². The maximum absolute atomic E-state index is 12.0. The van der Waals surface area contributed by atoms with Crippen LogP contribution >= 0.6 is 0 Å². The minimum absolute atomic E-state index is 0.0534. The van der Waals surface area contributed by atoms with Crippen LogP contribution in [-0.4, -0.2) is 38.1 Å². The van der Waals surface area contributed by atoms with Gasteiger partial charge in [-0.15, -0.1) is 0 Å². The van der Waals surface area contributed by atoms with Crippen molar-refractivity contribution in [3.8, 4) is 0 Å². The van der Waals surface area contributed by atoms with Gasteiger partial charge in [0.1, 0.15) is 5.70 Å². The highest BCUT2D eigenvalue weighted by Gasteiger charge is 2.28. The lowest BCUT2D eigenvalue weighted by atomic mass is 10.2. The van der Waals surface area contributed by atoms with E-state index in [-0.39, 0.29) is 17.6 Å². The van der Waals surface area contributed by atoms with Crippen LogP contribution in [0.3, 0.4) is 0 Å². The Kier molecular flexibility index (Phi) is 5.57. The molecule has 1 aliphatic heterocycles. The normalized spacial score (nSPS) is 17.6. The van der Waals surface area contributed by atoms with Gasteiger partial charge in [0.25, 0.3) is 0 Å². The van der Waals surface area contributed by atoms with Crippen molar-refractivity contribution in [3.05, 3.63) is 36.0 Å². The van der Waals surface area contributed by atoms with Crippen molar-refractivity contribution >= 4 is 29.2 Å². The number of hydrogen-bond donors (Lipinski definition) is 1. The zero-order chi connectivity index (χ0) is 17.7. The van der Waals surface area contributed by atoms with Crippen LogP contribution in [0, 0.1) is 0 Å². The molecule has 7 heteroatoms. The topological polar surface area (TPSA) is 84.9 Å². The van der Waals surface area contributed by atoms with Gasteiger partial charge >= 0.3 is 11.9 Å². The first-order chi connectivity index (χ1) is 11.5. The molecule has 0 saturated carbocycles. The standard InChI is InChI=1S/C17H20N2O5/c1-11-7-8-15(20)19(11)13-6-4-5-12(9-13)18-14(17(22)24-3)10-16(21)23-2/h4-6,9-11,18H,7-8H2,1-3H3/b14-10+. The molecule has 0 spiro atoms. The number of carbonyl (C=O) groups excluding carboxylic acids is 3. The molecule has 0 radical (unpaired) electrons. The molecular formula is C17H20N2O5. The SMILES string of the molecule is COC(=O)/C=C(/Nc1cccc(N2C(=O)CCC2C)c1)C(=O)OC. The molecule has 2 rings (SSSR count). The fourth-order valence-corrected chi connectivity index (χ4v) is 2.55. The van der Waals surface area contributed by atoms with Gasteiger partial charge in [-0.25, -0.2) is 9.59 Å². The van der Waals surface area contributed by atoms with E-state index in [1.807, 2.05) is 13.0 Å². The van der Waals surface area contributed by atoms with Crippen LogP contribution in [0.1, 0.15) is 19.8 Å². The summed E-state index contributed by atoms with van der Waals surface area (Å²) in [5.41, 5.74) is 1.24. The minimum atomic E-state index is -0.698. The largest absolute Gasteiger partial charge is 0.466 e. The van der Waals surface area contributed by atoms with Crippen molar-refractivity contribution in [2.75, 3.05) is 24.4 Å². The van der Waals surface area contributed by atoms with Crippen molar-refractivity contribution < 1.29 is 23.9 Å². The molecule has 0 aliphatic carbocycles. The predicted octanol–water partition coefficient (Wildman–Crippen LogP) is 1.84. The van der Waals surface area contributed by atoms with Gasteiger partial charge < -0.3 is 19.7 Å². The minimum Gasteiger partial charge on any atom is -0.466 e. The summed E-state index contributed by atoms with van der Waals surface area (Å²) in [6.07, 6.45) is 2.35. The van der Waals surface area contributed by atoms with Crippen LogP contribution in [-0.2, 0) is 23.9 Å². The van der Waals surface area contributed by atoms with Crippen molar-refractivity contribution in [2.24, 2.45) is 0 Å². The van der Waals surface area contributed by atoms with Gasteiger partial charge in [-0.1, -0.05) is 6.07 Å². The number of benzene rings is 1. The summed E-state index contributed by atoms with van der Waals surface area (Å²) in [5, 5.41) is 2.84. The molecule has 1 aromatic carbocycles. The van der Waals surface area contributed by atoms with E-state index in [1.54, 1.807) is 23.1 Å². The Morgan fingerprint density at radius 1 is 1.29 bits per heavy atom. The Hall–Kier alpha value is -2.83. The number of rotatable bonds is 5. The Morgan fingerprint density at radius 3 is 2.62 bits per heavy atom. The summed E-state index contributed by atoms with van der Waals surface area (Å²) < 4.78 is 9.18. The molecule has 1 amide bonds. The van der Waals surface area contributed by atoms with Gasteiger partial charge in [0.15, 0.2) is 0 Å². The third-order valence-corrected chi connectivity index (χ3v) is 3.76. The molecule has 128 valence electrons. The third-order valence-electron chi connectivity index (χ3n) is 3.76. The Morgan fingerprint density at radius 2 is 2.04 bits per heavy atom.